The van der Waals surface area contributed by atoms with Crippen molar-refractivity contribution >= 4 is 24.8 Å². The van der Waals surface area contributed by atoms with Crippen LogP contribution in [0, 0.1) is 5.41 Å². The third kappa shape index (κ3) is 5.56. The molecule has 0 saturated carbocycles. The monoisotopic (exact) mass is 426 g/mol. The maximum atomic E-state index is 13.6. The molecule has 0 saturated heterocycles. The number of Topliss-reactive ketones (excluding diaryl/α,β-unsaturated/α-hetero) is 1. The number of hydrogen-bond acceptors (Lipinski definition) is 7. The van der Waals surface area contributed by atoms with E-state index >= 15 is 0 Å². The van der Waals surface area contributed by atoms with Crippen LogP contribution in [0.2, 0.25) is 5.82 Å². The van der Waals surface area contributed by atoms with Crippen molar-refractivity contribution in [1.82, 2.24) is 0 Å². The molecule has 1 atom stereocenters. The minimum Gasteiger partial charge on any atom is -0.535 e. The standard InChI is InChI=1S/C20H25BF2O7/c1-5-20(22,23)15(24)10-13-9-12-7-6-8-14(16(12)30-21(13)27)17(25)28-11-29-18(26)19(2,3)4/h6-8,13,27H,5,9-11H2,1-4H3/t13-/m1/s1. The molecule has 0 fully saturated rings. The van der Waals surface area contributed by atoms with Gasteiger partial charge in [0.2, 0.25) is 12.6 Å². The molecule has 1 aromatic carbocycles. The number of rotatable bonds is 7. The van der Waals surface area contributed by atoms with Crippen molar-refractivity contribution in [3.8, 4) is 5.75 Å². The Morgan fingerprint density at radius 1 is 1.23 bits per heavy atom. The second-order valence-electron chi connectivity index (χ2n) is 8.18. The zero-order valence-electron chi connectivity index (χ0n) is 17.4. The largest absolute Gasteiger partial charge is 0.535 e. The summed E-state index contributed by atoms with van der Waals surface area (Å²) < 4.78 is 42.4. The Balaban J connectivity index is 2.08. The Kier molecular flexibility index (Phi) is 7.23. The van der Waals surface area contributed by atoms with Gasteiger partial charge in [-0.25, -0.2) is 4.79 Å². The van der Waals surface area contributed by atoms with Gasteiger partial charge in [0.25, 0.3) is 0 Å². The van der Waals surface area contributed by atoms with E-state index in [1.165, 1.54) is 19.1 Å². The van der Waals surface area contributed by atoms with E-state index in [1.807, 2.05) is 0 Å². The molecule has 1 aliphatic rings. The van der Waals surface area contributed by atoms with Gasteiger partial charge in [0, 0.05) is 18.7 Å². The summed E-state index contributed by atoms with van der Waals surface area (Å²) in [6, 6.07) is 4.54. The molecule has 1 aromatic rings. The molecule has 0 spiro atoms. The zero-order valence-corrected chi connectivity index (χ0v) is 17.4. The average molecular weight is 426 g/mol. The molecule has 0 unspecified atom stereocenters. The van der Waals surface area contributed by atoms with Gasteiger partial charge in [-0.2, -0.15) is 8.78 Å². The number of halogens is 2. The summed E-state index contributed by atoms with van der Waals surface area (Å²) in [5, 5.41) is 10.2. The molecule has 164 valence electrons. The lowest BCUT2D eigenvalue weighted by Gasteiger charge is -2.29. The van der Waals surface area contributed by atoms with Crippen molar-refractivity contribution in [2.75, 3.05) is 6.79 Å². The summed E-state index contributed by atoms with van der Waals surface area (Å²) in [5.74, 6) is -6.95. The maximum absolute atomic E-state index is 13.6. The summed E-state index contributed by atoms with van der Waals surface area (Å²) in [6.45, 7) is 5.56. The van der Waals surface area contributed by atoms with Gasteiger partial charge in [0.1, 0.15) is 11.3 Å². The van der Waals surface area contributed by atoms with Crippen molar-refractivity contribution in [3.05, 3.63) is 29.3 Å². The first-order valence-electron chi connectivity index (χ1n) is 9.59. The van der Waals surface area contributed by atoms with Crippen LogP contribution < -0.4 is 4.65 Å². The van der Waals surface area contributed by atoms with Crippen molar-refractivity contribution in [2.24, 2.45) is 5.41 Å². The van der Waals surface area contributed by atoms with E-state index in [0.29, 0.717) is 5.56 Å². The van der Waals surface area contributed by atoms with Crippen LogP contribution in [0.4, 0.5) is 8.78 Å². The average Bonchev–Trinajstić information content (AvgIpc) is 2.67. The molecule has 30 heavy (non-hydrogen) atoms. The topological polar surface area (TPSA) is 99.1 Å². The molecule has 1 N–H and O–H groups in total. The van der Waals surface area contributed by atoms with E-state index in [2.05, 4.69) is 0 Å². The molecule has 0 bridgehead atoms. The van der Waals surface area contributed by atoms with Crippen molar-refractivity contribution in [1.29, 1.82) is 0 Å². The Hall–Kier alpha value is -2.49. The van der Waals surface area contributed by atoms with Crippen LogP contribution in [0.1, 0.15) is 56.5 Å². The number of para-hydroxylation sites is 1. The van der Waals surface area contributed by atoms with Crippen LogP contribution in [0.3, 0.4) is 0 Å². The van der Waals surface area contributed by atoms with Crippen LogP contribution in [0.15, 0.2) is 18.2 Å². The van der Waals surface area contributed by atoms with E-state index in [9.17, 15) is 28.2 Å². The highest BCUT2D eigenvalue weighted by Crippen LogP contribution is 2.38. The lowest BCUT2D eigenvalue weighted by atomic mass is 9.64. The Morgan fingerprint density at radius 3 is 2.50 bits per heavy atom. The maximum Gasteiger partial charge on any atom is 0.526 e. The molecule has 2 rings (SSSR count). The number of esters is 2. The number of alkyl halides is 2. The molecular weight excluding hydrogens is 401 g/mol. The van der Waals surface area contributed by atoms with Gasteiger partial charge in [-0.1, -0.05) is 19.1 Å². The van der Waals surface area contributed by atoms with E-state index in [4.69, 9.17) is 14.1 Å². The number of benzene rings is 1. The highest BCUT2D eigenvalue weighted by molar-refractivity contribution is 6.47. The van der Waals surface area contributed by atoms with Crippen LogP contribution >= 0.6 is 0 Å². The first-order chi connectivity index (χ1) is 13.9. The van der Waals surface area contributed by atoms with Gasteiger partial charge in [-0.15, -0.1) is 0 Å². The molecular formula is C20H25BF2O7. The fraction of sp³-hybridized carbons (Fsp3) is 0.550. The number of fused-ring (bicyclic) bond motifs is 1. The lowest BCUT2D eigenvalue weighted by Crippen LogP contribution is -2.38. The fourth-order valence-electron chi connectivity index (χ4n) is 2.83. The minimum atomic E-state index is -3.46. The highest BCUT2D eigenvalue weighted by atomic mass is 19.3. The quantitative estimate of drug-likeness (QED) is 0.406. The van der Waals surface area contributed by atoms with Gasteiger partial charge < -0.3 is 19.2 Å². The number of carbonyl (C=O) groups is 3. The van der Waals surface area contributed by atoms with Crippen LogP contribution in [0.5, 0.6) is 5.75 Å². The fourth-order valence-corrected chi connectivity index (χ4v) is 2.83. The third-order valence-corrected chi connectivity index (χ3v) is 4.73. The molecule has 0 aliphatic carbocycles. The van der Waals surface area contributed by atoms with Gasteiger partial charge in [0.05, 0.1) is 5.41 Å². The number of ketones is 1. The van der Waals surface area contributed by atoms with Gasteiger partial charge in [-0.05, 0) is 38.8 Å². The predicted octanol–water partition coefficient (Wildman–Crippen LogP) is 3.18. The van der Waals surface area contributed by atoms with Crippen LogP contribution in [-0.2, 0) is 25.5 Å². The normalized spacial score (nSPS) is 16.4. The number of hydrogen-bond donors (Lipinski definition) is 1. The summed E-state index contributed by atoms with van der Waals surface area (Å²) in [7, 11) is -1.54. The molecule has 0 aromatic heterocycles. The van der Waals surface area contributed by atoms with E-state index in [-0.39, 0.29) is 17.7 Å². The third-order valence-electron chi connectivity index (χ3n) is 4.73. The molecule has 1 aliphatic heterocycles. The summed E-state index contributed by atoms with van der Waals surface area (Å²) in [6.07, 6.45) is -1.11. The first kappa shape index (κ1) is 23.8. The SMILES string of the molecule is CCC(F)(F)C(=O)C[C@H]1Cc2cccc(C(=O)OCOC(=O)C(C)(C)C)c2OB1O. The van der Waals surface area contributed by atoms with Crippen molar-refractivity contribution in [3.63, 3.8) is 0 Å². The van der Waals surface area contributed by atoms with Gasteiger partial charge in [-0.3, -0.25) is 9.59 Å². The van der Waals surface area contributed by atoms with Crippen molar-refractivity contribution in [2.45, 2.75) is 58.7 Å². The van der Waals surface area contributed by atoms with Crippen molar-refractivity contribution < 1.29 is 42.3 Å². The van der Waals surface area contributed by atoms with Gasteiger partial charge in [0.15, 0.2) is 0 Å². The van der Waals surface area contributed by atoms with Gasteiger partial charge >= 0.3 is 25.0 Å². The highest BCUT2D eigenvalue weighted by Gasteiger charge is 2.43. The zero-order chi connectivity index (χ0) is 22.7. The number of carbonyl (C=O) groups excluding carboxylic acids is 3. The van der Waals surface area contributed by atoms with E-state index < -0.39 is 61.6 Å². The molecule has 0 radical (unpaired) electrons. The molecule has 0 amide bonds. The second-order valence-corrected chi connectivity index (χ2v) is 8.18. The first-order valence-corrected chi connectivity index (χ1v) is 9.59. The molecule has 10 heteroatoms. The van der Waals surface area contributed by atoms with Crippen LogP contribution in [-0.4, -0.2) is 42.6 Å². The second kappa shape index (κ2) is 9.12. The number of ether oxygens (including phenoxy) is 2. The van der Waals surface area contributed by atoms with Crippen LogP contribution in [0.25, 0.3) is 0 Å². The molecule has 1 heterocycles. The smallest absolute Gasteiger partial charge is 0.526 e. The minimum absolute atomic E-state index is 0.0120. The summed E-state index contributed by atoms with van der Waals surface area (Å²) in [4.78, 5) is 35.9. The lowest BCUT2D eigenvalue weighted by molar-refractivity contribution is -0.161. The molecule has 7 nitrogen and oxygen atoms in total. The summed E-state index contributed by atoms with van der Waals surface area (Å²) >= 11 is 0. The predicted molar refractivity (Wildman–Crippen MR) is 103 cm³/mol. The van der Waals surface area contributed by atoms with E-state index in [1.54, 1.807) is 26.8 Å². The Bertz CT molecular complexity index is 820. The Morgan fingerprint density at radius 2 is 1.90 bits per heavy atom. The Labute approximate surface area is 173 Å². The summed E-state index contributed by atoms with van der Waals surface area (Å²) in [5.41, 5.74) is -0.298. The van der Waals surface area contributed by atoms with E-state index in [0.717, 1.165) is 0 Å².